The minimum absolute atomic E-state index is 0.0865. The maximum atomic E-state index is 6.25. The third kappa shape index (κ3) is 2.48. The van der Waals surface area contributed by atoms with Crippen LogP contribution in [-0.4, -0.2) is 9.55 Å². The minimum atomic E-state index is 0.0865. The molecule has 18 heavy (non-hydrogen) atoms. The first-order chi connectivity index (χ1) is 8.54. The summed E-state index contributed by atoms with van der Waals surface area (Å²) in [5.41, 5.74) is 2.19. The minimum Gasteiger partial charge on any atom is -0.337 e. The Bertz CT molecular complexity index is 616. The summed E-state index contributed by atoms with van der Waals surface area (Å²) in [5, 5.41) is 1.31. The molecule has 1 N–H and O–H groups in total. The highest BCUT2D eigenvalue weighted by atomic mass is 35.5. The molecule has 0 spiro atoms. The molecule has 1 aromatic heterocycles. The number of imidazole rings is 1. The lowest BCUT2D eigenvalue weighted by Gasteiger charge is -2.18. The van der Waals surface area contributed by atoms with Crippen molar-refractivity contribution in [2.24, 2.45) is 0 Å². The molecule has 96 valence electrons. The largest absolute Gasteiger partial charge is 0.337 e. The van der Waals surface area contributed by atoms with Crippen LogP contribution in [0.2, 0.25) is 10.0 Å². The molecule has 2 rings (SSSR count). The van der Waals surface area contributed by atoms with Gasteiger partial charge in [0.2, 0.25) is 0 Å². The van der Waals surface area contributed by atoms with E-state index >= 15 is 0 Å². The van der Waals surface area contributed by atoms with E-state index in [2.05, 4.69) is 23.4 Å². The number of rotatable bonds is 3. The molecule has 2 aromatic rings. The highest BCUT2D eigenvalue weighted by Gasteiger charge is 2.15. The van der Waals surface area contributed by atoms with E-state index in [-0.39, 0.29) is 6.04 Å². The summed E-state index contributed by atoms with van der Waals surface area (Å²) in [4.78, 5) is 3.08. The highest BCUT2D eigenvalue weighted by Crippen LogP contribution is 2.29. The zero-order chi connectivity index (χ0) is 13.3. The molecule has 1 heterocycles. The number of nitrogens with zero attached hydrogens (tertiary/aromatic N) is 1. The van der Waals surface area contributed by atoms with Crippen molar-refractivity contribution in [3.8, 4) is 0 Å². The van der Waals surface area contributed by atoms with Crippen LogP contribution in [-0.2, 0) is 6.42 Å². The van der Waals surface area contributed by atoms with Crippen molar-refractivity contribution in [1.29, 1.82) is 0 Å². The summed E-state index contributed by atoms with van der Waals surface area (Å²) in [6, 6.07) is 5.64. The van der Waals surface area contributed by atoms with Gasteiger partial charge in [-0.05, 0) is 43.3 Å². The average molecular weight is 301 g/mol. The molecular weight excluding hydrogens is 287 g/mol. The number of aromatic nitrogens is 2. The molecule has 0 amide bonds. The highest BCUT2D eigenvalue weighted by molar-refractivity contribution is 7.71. The van der Waals surface area contributed by atoms with Crippen molar-refractivity contribution < 1.29 is 0 Å². The van der Waals surface area contributed by atoms with Gasteiger partial charge in [-0.2, -0.15) is 0 Å². The Morgan fingerprint density at radius 2 is 2.11 bits per heavy atom. The summed E-state index contributed by atoms with van der Waals surface area (Å²) in [6.45, 7) is 4.18. The van der Waals surface area contributed by atoms with Gasteiger partial charge in [-0.3, -0.25) is 0 Å². The maximum absolute atomic E-state index is 6.25. The molecule has 0 aliphatic carbocycles. The second-order valence-corrected chi connectivity index (χ2v) is 5.38. The molecule has 1 aromatic carbocycles. The van der Waals surface area contributed by atoms with Gasteiger partial charge in [-0.15, -0.1) is 0 Å². The first-order valence-corrected chi connectivity index (χ1v) is 6.94. The maximum Gasteiger partial charge on any atom is 0.177 e. The van der Waals surface area contributed by atoms with Gasteiger partial charge in [0.05, 0.1) is 6.04 Å². The summed E-state index contributed by atoms with van der Waals surface area (Å²) >= 11 is 17.5. The normalized spacial score (nSPS) is 12.7. The molecule has 1 unspecified atom stereocenters. The monoisotopic (exact) mass is 300 g/mol. The third-order valence-corrected chi connectivity index (χ3v) is 3.93. The quantitative estimate of drug-likeness (QED) is 0.789. The molecule has 0 fully saturated rings. The molecular formula is C13H14Cl2N2S. The van der Waals surface area contributed by atoms with E-state index in [1.165, 1.54) is 5.69 Å². The van der Waals surface area contributed by atoms with Gasteiger partial charge >= 0.3 is 0 Å². The Hall–Kier alpha value is -0.770. The number of aromatic amines is 1. The molecule has 0 radical (unpaired) electrons. The SMILES string of the molecule is CCc1c[nH]c(=S)n1C(C)c1ccc(Cl)cc1Cl. The molecule has 0 aliphatic heterocycles. The number of H-pyrrole nitrogens is 1. The van der Waals surface area contributed by atoms with Gasteiger partial charge in [0.15, 0.2) is 4.77 Å². The summed E-state index contributed by atoms with van der Waals surface area (Å²) < 4.78 is 2.80. The fourth-order valence-corrected chi connectivity index (χ4v) is 2.99. The van der Waals surface area contributed by atoms with Crippen molar-refractivity contribution in [2.75, 3.05) is 0 Å². The van der Waals surface area contributed by atoms with Crippen LogP contribution in [0.4, 0.5) is 0 Å². The van der Waals surface area contributed by atoms with Gasteiger partial charge in [-0.1, -0.05) is 36.2 Å². The van der Waals surface area contributed by atoms with E-state index < -0.39 is 0 Å². The summed E-state index contributed by atoms with van der Waals surface area (Å²) in [5.74, 6) is 0. The van der Waals surface area contributed by atoms with Crippen molar-refractivity contribution in [3.63, 3.8) is 0 Å². The number of halogens is 2. The van der Waals surface area contributed by atoms with Crippen molar-refractivity contribution >= 4 is 35.4 Å². The number of hydrogen-bond acceptors (Lipinski definition) is 1. The van der Waals surface area contributed by atoms with E-state index in [9.17, 15) is 0 Å². The smallest absolute Gasteiger partial charge is 0.177 e. The van der Waals surface area contributed by atoms with Gasteiger partial charge in [-0.25, -0.2) is 0 Å². The van der Waals surface area contributed by atoms with E-state index in [0.29, 0.717) is 14.8 Å². The molecule has 0 aliphatic rings. The first-order valence-electron chi connectivity index (χ1n) is 5.78. The standard InChI is InChI=1S/C13H14Cl2N2S/c1-3-10-7-16-13(18)17(10)8(2)11-5-4-9(14)6-12(11)15/h4-8H,3H2,1-2H3,(H,16,18). The first kappa shape index (κ1) is 13.7. The number of hydrogen-bond donors (Lipinski definition) is 1. The fourth-order valence-electron chi connectivity index (χ4n) is 2.09. The van der Waals surface area contributed by atoms with Crippen LogP contribution in [0.5, 0.6) is 0 Å². The van der Waals surface area contributed by atoms with Crippen molar-refractivity contribution in [2.45, 2.75) is 26.3 Å². The van der Waals surface area contributed by atoms with E-state index in [4.69, 9.17) is 35.4 Å². The van der Waals surface area contributed by atoms with Gasteiger partial charge in [0.1, 0.15) is 0 Å². The molecule has 0 saturated heterocycles. The fraction of sp³-hybridized carbons (Fsp3) is 0.308. The van der Waals surface area contributed by atoms with Crippen molar-refractivity contribution in [1.82, 2.24) is 9.55 Å². The van der Waals surface area contributed by atoms with E-state index in [1.807, 2.05) is 18.3 Å². The number of aryl methyl sites for hydroxylation is 1. The zero-order valence-corrected chi connectivity index (χ0v) is 12.5. The van der Waals surface area contributed by atoms with Crippen LogP contribution in [0, 0.1) is 4.77 Å². The van der Waals surface area contributed by atoms with Gasteiger partial charge in [0.25, 0.3) is 0 Å². The van der Waals surface area contributed by atoms with Crippen molar-refractivity contribution in [3.05, 3.63) is 50.5 Å². The third-order valence-electron chi connectivity index (χ3n) is 3.05. The summed E-state index contributed by atoms with van der Waals surface area (Å²) in [7, 11) is 0. The molecule has 1 atom stereocenters. The van der Waals surface area contributed by atoms with Crippen LogP contribution in [0.1, 0.15) is 31.1 Å². The zero-order valence-electron chi connectivity index (χ0n) is 10.2. The van der Waals surface area contributed by atoms with Crippen LogP contribution >= 0.6 is 35.4 Å². The Labute approximate surface area is 122 Å². The Kier molecular flexibility index (Phi) is 4.15. The van der Waals surface area contributed by atoms with Crippen LogP contribution in [0.3, 0.4) is 0 Å². The Balaban J connectivity index is 2.50. The average Bonchev–Trinajstić information content (AvgIpc) is 2.69. The van der Waals surface area contributed by atoms with E-state index in [1.54, 1.807) is 6.07 Å². The van der Waals surface area contributed by atoms with Gasteiger partial charge in [0, 0.05) is 21.9 Å². The Morgan fingerprint density at radius 1 is 1.39 bits per heavy atom. The molecule has 0 bridgehead atoms. The molecule has 2 nitrogen and oxygen atoms in total. The second-order valence-electron chi connectivity index (χ2n) is 4.15. The van der Waals surface area contributed by atoms with Crippen LogP contribution in [0.15, 0.2) is 24.4 Å². The predicted octanol–water partition coefficient (Wildman–Crippen LogP) is 5.02. The second kappa shape index (κ2) is 5.47. The van der Waals surface area contributed by atoms with Gasteiger partial charge < -0.3 is 9.55 Å². The lowest BCUT2D eigenvalue weighted by atomic mass is 10.1. The number of nitrogens with one attached hydrogen (secondary N) is 1. The molecule has 5 heteroatoms. The predicted molar refractivity (Wildman–Crippen MR) is 79.3 cm³/mol. The van der Waals surface area contributed by atoms with Crippen LogP contribution in [0.25, 0.3) is 0 Å². The lowest BCUT2D eigenvalue weighted by Crippen LogP contribution is -2.10. The Morgan fingerprint density at radius 3 is 2.72 bits per heavy atom. The van der Waals surface area contributed by atoms with E-state index in [0.717, 1.165) is 12.0 Å². The topological polar surface area (TPSA) is 20.7 Å². The summed E-state index contributed by atoms with van der Waals surface area (Å²) in [6.07, 6.45) is 2.87. The number of benzene rings is 1. The lowest BCUT2D eigenvalue weighted by molar-refractivity contribution is 0.604. The van der Waals surface area contributed by atoms with Crippen LogP contribution < -0.4 is 0 Å². The molecule has 0 saturated carbocycles.